The van der Waals surface area contributed by atoms with E-state index in [1.54, 1.807) is 9.80 Å². The number of nitro groups is 3. The Hall–Kier alpha value is -4.60. The van der Waals surface area contributed by atoms with Gasteiger partial charge in [-0.05, 0) is 72.6 Å². The molecule has 5 saturated heterocycles. The summed E-state index contributed by atoms with van der Waals surface area (Å²) >= 11 is 23.6. The van der Waals surface area contributed by atoms with Gasteiger partial charge >= 0.3 is 34.1 Å². The Morgan fingerprint density at radius 3 is 1.23 bits per heavy atom. The first-order valence-electron chi connectivity index (χ1n) is 20.5. The molecule has 8 rings (SSSR count). The van der Waals surface area contributed by atoms with E-state index in [9.17, 15) is 44.7 Å². The summed E-state index contributed by atoms with van der Waals surface area (Å²) in [6.45, 7) is 6.39. The molecule has 0 radical (unpaired) electrons. The molecular weight excluding hydrogens is 936 g/mol. The third-order valence-corrected chi connectivity index (χ3v) is 12.2. The van der Waals surface area contributed by atoms with Crippen molar-refractivity contribution in [1.82, 2.24) is 40.0 Å². The Kier molecular flexibility index (Phi) is 17.2. The van der Waals surface area contributed by atoms with Crippen molar-refractivity contribution in [2.45, 2.75) is 76.5 Å². The summed E-state index contributed by atoms with van der Waals surface area (Å²) in [5.74, 6) is -1.55. The molecule has 5 aliphatic rings. The van der Waals surface area contributed by atoms with Crippen LogP contribution in [0.1, 0.15) is 76.5 Å². The van der Waals surface area contributed by atoms with Gasteiger partial charge in [0, 0.05) is 72.2 Å². The minimum absolute atomic E-state index is 0.107. The van der Waals surface area contributed by atoms with Crippen LogP contribution < -0.4 is 37.1 Å². The highest BCUT2D eigenvalue weighted by atomic mass is 35.5. The normalized spacial score (nSPS) is 21.5. The van der Waals surface area contributed by atoms with Crippen molar-refractivity contribution in [2.24, 2.45) is 0 Å². The van der Waals surface area contributed by atoms with Crippen LogP contribution in [0, 0.1) is 30.3 Å². The van der Waals surface area contributed by atoms with Crippen LogP contribution in [-0.4, -0.2) is 116 Å². The van der Waals surface area contributed by atoms with E-state index >= 15 is 0 Å². The van der Waals surface area contributed by atoms with Crippen molar-refractivity contribution < 1.29 is 29.0 Å². The zero-order valence-corrected chi connectivity index (χ0v) is 37.2. The van der Waals surface area contributed by atoms with Gasteiger partial charge in [-0.2, -0.15) is 0 Å². The summed E-state index contributed by atoms with van der Waals surface area (Å²) < 4.78 is 19.4. The second-order valence-corrected chi connectivity index (χ2v) is 16.4. The van der Waals surface area contributed by atoms with E-state index in [1.165, 1.54) is 0 Å². The summed E-state index contributed by atoms with van der Waals surface area (Å²) in [5, 5.41) is 50.0. The summed E-state index contributed by atoms with van der Waals surface area (Å²) in [5.41, 5.74) is -1.41. The molecule has 0 aromatic carbocycles. The van der Waals surface area contributed by atoms with Gasteiger partial charge in [-0.25, -0.2) is 0 Å². The van der Waals surface area contributed by atoms with Gasteiger partial charge in [-0.3, -0.25) is 14.4 Å². The lowest BCUT2D eigenvalue weighted by Crippen LogP contribution is -2.47. The number of nitrogens with zero attached hydrogens (tertiary/aromatic N) is 11. The number of piperazine rings is 2. The molecule has 0 aliphatic carbocycles. The van der Waals surface area contributed by atoms with E-state index in [0.29, 0.717) is 91.4 Å². The second kappa shape index (κ2) is 22.5. The van der Waals surface area contributed by atoms with Gasteiger partial charge in [0.05, 0.1) is 15.3 Å². The van der Waals surface area contributed by atoms with E-state index in [1.807, 2.05) is 0 Å². The van der Waals surface area contributed by atoms with Gasteiger partial charge in [0.15, 0.2) is 34.4 Å². The van der Waals surface area contributed by atoms with Gasteiger partial charge in [0.2, 0.25) is 0 Å². The Balaban J connectivity index is 0.000000161. The number of rotatable bonds is 8. The number of ether oxygens (including phenoxy) is 3. The summed E-state index contributed by atoms with van der Waals surface area (Å²) in [6, 6.07) is 0. The van der Waals surface area contributed by atoms with Crippen LogP contribution >= 0.6 is 46.4 Å². The molecule has 3 atom stereocenters. The first-order chi connectivity index (χ1) is 30.7. The number of hydrogen-bond acceptors (Lipinski definition) is 19. The summed E-state index contributed by atoms with van der Waals surface area (Å²) in [4.78, 5) is 72.1. The van der Waals surface area contributed by atoms with Gasteiger partial charge in [0.1, 0.15) is 15.7 Å². The average Bonchev–Trinajstić information content (AvgIpc) is 3.31. The van der Waals surface area contributed by atoms with Gasteiger partial charge in [0.25, 0.3) is 0 Å². The smallest absolute Gasteiger partial charge is 0.363 e. The summed E-state index contributed by atoms with van der Waals surface area (Å²) in [6.07, 6.45) is 5.27. The molecule has 8 heterocycles. The standard InChI is InChI=1S/2C13H18ClN5O4.C9H9Cl2N3O4/c14-10-11(17-6-4-15-5-7-17)12(19(21)22)16-18(13(10)20)9-3-1-2-8-23-9;14-10-11(17-6-4-15-5-7-17)13(20)18(16-12(10)19(21)22)9-3-1-2-8-23-9;10-6-7(11)9(15)13(12-8(6)14(16)17)5-3-1-2-4-18-5/h2*9,15H,1-8H2;5H,1-4H2. The van der Waals surface area contributed by atoms with Gasteiger partial charge < -0.3 is 65.0 Å². The van der Waals surface area contributed by atoms with Crippen molar-refractivity contribution in [2.75, 3.05) is 82.0 Å². The van der Waals surface area contributed by atoms with Crippen molar-refractivity contribution in [1.29, 1.82) is 0 Å². The Morgan fingerprint density at radius 2 is 0.844 bits per heavy atom. The molecule has 350 valence electrons. The number of aromatic nitrogens is 6. The molecule has 0 spiro atoms. The molecule has 25 nitrogen and oxygen atoms in total. The van der Waals surface area contributed by atoms with Crippen molar-refractivity contribution in [3.05, 3.63) is 81.5 Å². The Bertz CT molecular complexity index is 2360. The van der Waals surface area contributed by atoms with Crippen molar-refractivity contribution in [3.63, 3.8) is 0 Å². The molecule has 3 aromatic rings. The molecular formula is C35H45Cl4N13O12. The lowest BCUT2D eigenvalue weighted by atomic mass is 10.2. The van der Waals surface area contributed by atoms with E-state index in [0.717, 1.165) is 52.6 Å². The Labute approximate surface area is 382 Å². The van der Waals surface area contributed by atoms with Crippen LogP contribution in [0.5, 0.6) is 0 Å². The van der Waals surface area contributed by atoms with Gasteiger partial charge in [-0.1, -0.05) is 46.4 Å². The van der Waals surface area contributed by atoms with Crippen LogP contribution in [0.3, 0.4) is 0 Å². The van der Waals surface area contributed by atoms with Crippen molar-refractivity contribution in [3.8, 4) is 0 Å². The predicted octanol–water partition coefficient (Wildman–Crippen LogP) is 3.98. The minimum Gasteiger partial charge on any atom is -0.363 e. The number of halogens is 4. The Morgan fingerprint density at radius 1 is 0.484 bits per heavy atom. The topological polar surface area (TPSA) is 292 Å². The summed E-state index contributed by atoms with van der Waals surface area (Å²) in [7, 11) is 0. The third-order valence-electron chi connectivity index (χ3n) is 10.7. The lowest BCUT2D eigenvalue weighted by molar-refractivity contribution is -0.390. The molecule has 0 amide bonds. The largest absolute Gasteiger partial charge is 0.413 e. The van der Waals surface area contributed by atoms with Crippen molar-refractivity contribution >= 4 is 75.2 Å². The maximum atomic E-state index is 12.8. The maximum Gasteiger partial charge on any atom is 0.413 e. The zero-order chi connectivity index (χ0) is 46.1. The highest BCUT2D eigenvalue weighted by Gasteiger charge is 2.35. The zero-order valence-electron chi connectivity index (χ0n) is 34.2. The molecule has 5 aliphatic heterocycles. The predicted molar refractivity (Wildman–Crippen MR) is 232 cm³/mol. The molecule has 0 saturated carbocycles. The lowest BCUT2D eigenvalue weighted by Gasteiger charge is -2.29. The van der Waals surface area contributed by atoms with E-state index in [4.69, 9.17) is 60.6 Å². The highest BCUT2D eigenvalue weighted by molar-refractivity contribution is 6.43. The third kappa shape index (κ3) is 11.2. The SMILES string of the molecule is O=c1c(Cl)c(Cl)c([N+](=O)[O-])nn1C1CCCCO1.O=c1c(Cl)c(N2CCNCC2)c([N+](=O)[O-])nn1C1CCCCO1.O=c1c(N2CCNCC2)c(Cl)c([N+](=O)[O-])nn1C1CCCCO1. The fraction of sp³-hybridized carbons (Fsp3) is 0.657. The first kappa shape index (κ1) is 48.8. The van der Waals surface area contributed by atoms with Crippen LogP contribution in [0.4, 0.5) is 28.8 Å². The first-order valence-corrected chi connectivity index (χ1v) is 22.0. The quantitative estimate of drug-likeness (QED) is 0.238. The van der Waals surface area contributed by atoms with E-state index < -0.39 is 77.6 Å². The molecule has 64 heavy (non-hydrogen) atoms. The fourth-order valence-electron chi connectivity index (χ4n) is 7.50. The molecule has 3 unspecified atom stereocenters. The van der Waals surface area contributed by atoms with Gasteiger partial charge in [-0.15, -0.1) is 14.0 Å². The maximum absolute atomic E-state index is 12.8. The van der Waals surface area contributed by atoms with Crippen LogP contribution in [0.25, 0.3) is 0 Å². The highest BCUT2D eigenvalue weighted by Crippen LogP contribution is 2.34. The van der Waals surface area contributed by atoms with Crippen LogP contribution in [-0.2, 0) is 14.2 Å². The molecule has 0 bridgehead atoms. The van der Waals surface area contributed by atoms with Crippen LogP contribution in [0.2, 0.25) is 20.1 Å². The minimum atomic E-state index is -0.785. The van der Waals surface area contributed by atoms with Crippen LogP contribution in [0.15, 0.2) is 14.4 Å². The second-order valence-electron chi connectivity index (χ2n) is 14.9. The molecule has 2 N–H and O–H groups in total. The average molecular weight is 982 g/mol. The molecule has 29 heteroatoms. The molecule has 3 aromatic heterocycles. The number of anilines is 2. The fourth-order valence-corrected chi connectivity index (χ4v) is 8.46. The monoisotopic (exact) mass is 979 g/mol. The number of nitrogens with one attached hydrogen (secondary N) is 2. The van der Waals surface area contributed by atoms with E-state index in [-0.39, 0.29) is 21.4 Å². The molecule has 5 fully saturated rings. The van der Waals surface area contributed by atoms with E-state index in [2.05, 4.69) is 25.9 Å². The number of hydrogen-bond donors (Lipinski definition) is 2.